The maximum Gasteiger partial charge on any atom is 0.253 e. The van der Waals surface area contributed by atoms with Crippen LogP contribution in [0.1, 0.15) is 17.3 Å². The van der Waals surface area contributed by atoms with Gasteiger partial charge < -0.3 is 15.2 Å². The van der Waals surface area contributed by atoms with E-state index in [4.69, 9.17) is 9.84 Å². The van der Waals surface area contributed by atoms with Crippen LogP contribution in [-0.4, -0.2) is 28.6 Å². The van der Waals surface area contributed by atoms with Gasteiger partial charge in [0.05, 0.1) is 12.2 Å². The number of carbonyl (C=O) groups is 1. The number of hydrogen-bond donors (Lipinski definition) is 2. The average Bonchev–Trinajstić information content (AvgIpc) is 2.68. The van der Waals surface area contributed by atoms with Crippen molar-refractivity contribution in [3.63, 3.8) is 0 Å². The van der Waals surface area contributed by atoms with E-state index in [0.717, 1.165) is 0 Å². The summed E-state index contributed by atoms with van der Waals surface area (Å²) in [7, 11) is 0. The van der Waals surface area contributed by atoms with Gasteiger partial charge in [-0.25, -0.2) is 13.8 Å². The second-order valence-corrected chi connectivity index (χ2v) is 6.20. The Morgan fingerprint density at radius 2 is 1.86 bits per heavy atom. The van der Waals surface area contributed by atoms with Crippen molar-refractivity contribution in [2.75, 3.05) is 6.61 Å². The first-order chi connectivity index (χ1) is 13.5. The highest BCUT2D eigenvalue weighted by atomic mass is 19.1. The monoisotopic (exact) mass is 384 g/mol. The minimum atomic E-state index is -0.473. The quantitative estimate of drug-likeness (QED) is 0.676. The molecule has 28 heavy (non-hydrogen) atoms. The van der Waals surface area contributed by atoms with Crippen molar-refractivity contribution in [2.45, 2.75) is 13.0 Å². The lowest BCUT2D eigenvalue weighted by atomic mass is 10.0. The van der Waals surface area contributed by atoms with E-state index in [1.807, 2.05) is 0 Å². The van der Waals surface area contributed by atoms with Crippen molar-refractivity contribution in [3.05, 3.63) is 78.0 Å². The van der Waals surface area contributed by atoms with Gasteiger partial charge in [0, 0.05) is 23.9 Å². The van der Waals surface area contributed by atoms with Crippen molar-refractivity contribution in [3.8, 4) is 22.8 Å². The number of rotatable bonds is 6. The molecule has 7 heteroatoms. The van der Waals surface area contributed by atoms with Gasteiger partial charge in [-0.2, -0.15) is 0 Å². The van der Waals surface area contributed by atoms with Gasteiger partial charge in [0.1, 0.15) is 17.4 Å². The Bertz CT molecular complexity index is 995. The number of aliphatic hydroxyl groups excluding tert-OH is 1. The van der Waals surface area contributed by atoms with Crippen molar-refractivity contribution in [1.82, 2.24) is 10.3 Å². The summed E-state index contributed by atoms with van der Waals surface area (Å²) in [5.74, 6) is -1.06. The van der Waals surface area contributed by atoms with Crippen LogP contribution in [0.4, 0.5) is 8.78 Å². The zero-order valence-electron chi connectivity index (χ0n) is 15.0. The lowest BCUT2D eigenvalue weighted by Crippen LogP contribution is -2.35. The van der Waals surface area contributed by atoms with Gasteiger partial charge in [0.25, 0.3) is 5.91 Å². The predicted octanol–water partition coefficient (Wildman–Crippen LogP) is 3.93. The van der Waals surface area contributed by atoms with Gasteiger partial charge in [-0.3, -0.25) is 4.79 Å². The molecule has 1 atom stereocenters. The Balaban J connectivity index is 2.02. The zero-order valence-corrected chi connectivity index (χ0v) is 15.0. The highest BCUT2D eigenvalue weighted by Gasteiger charge is 2.16. The summed E-state index contributed by atoms with van der Waals surface area (Å²) in [6.07, 6.45) is 1.30. The third kappa shape index (κ3) is 4.69. The number of ether oxygens (including phenoxy) is 1. The molecule has 0 radical (unpaired) electrons. The van der Waals surface area contributed by atoms with Crippen LogP contribution < -0.4 is 10.1 Å². The van der Waals surface area contributed by atoms with Crippen LogP contribution in [0.15, 0.2) is 60.8 Å². The van der Waals surface area contributed by atoms with Gasteiger partial charge >= 0.3 is 0 Å². The molecule has 0 aliphatic carbocycles. The third-order valence-electron chi connectivity index (χ3n) is 3.91. The zero-order chi connectivity index (χ0) is 20.1. The summed E-state index contributed by atoms with van der Waals surface area (Å²) in [6, 6.07) is 12.4. The molecule has 0 bridgehead atoms. The maximum atomic E-state index is 13.7. The summed E-state index contributed by atoms with van der Waals surface area (Å²) >= 11 is 0. The van der Waals surface area contributed by atoms with Gasteiger partial charge in [0.15, 0.2) is 0 Å². The van der Waals surface area contributed by atoms with Crippen LogP contribution in [0.25, 0.3) is 11.1 Å². The molecule has 144 valence electrons. The molecule has 3 rings (SSSR count). The molecule has 0 unspecified atom stereocenters. The number of aliphatic hydroxyl groups is 1. The van der Waals surface area contributed by atoms with E-state index in [1.165, 1.54) is 48.7 Å². The number of aromatic nitrogens is 1. The molecule has 5 nitrogen and oxygen atoms in total. The number of halogens is 2. The first-order valence-corrected chi connectivity index (χ1v) is 8.57. The Labute approximate surface area is 160 Å². The first kappa shape index (κ1) is 19.4. The van der Waals surface area contributed by atoms with Crippen molar-refractivity contribution >= 4 is 5.91 Å². The summed E-state index contributed by atoms with van der Waals surface area (Å²) in [4.78, 5) is 16.5. The highest BCUT2D eigenvalue weighted by molar-refractivity contribution is 5.95. The third-order valence-corrected chi connectivity index (χ3v) is 3.91. The number of benzene rings is 2. The predicted molar refractivity (Wildman–Crippen MR) is 100 cm³/mol. The standard InChI is InChI=1S/C21H18F2N2O3/c1-13(12-26)25-20(27)15-9-19(14-4-2-5-16(22)8-14)21(24-11-15)28-18-7-3-6-17(23)10-18/h2-11,13,26H,12H2,1H3,(H,25,27)/t13-/m1/s1. The topological polar surface area (TPSA) is 71.5 Å². The summed E-state index contributed by atoms with van der Waals surface area (Å²) in [6.45, 7) is 1.44. The van der Waals surface area contributed by atoms with Crippen molar-refractivity contribution in [1.29, 1.82) is 0 Å². The van der Waals surface area contributed by atoms with E-state index >= 15 is 0 Å². The van der Waals surface area contributed by atoms with Crippen LogP contribution in [0.5, 0.6) is 11.6 Å². The van der Waals surface area contributed by atoms with Crippen LogP contribution in [0.3, 0.4) is 0 Å². The Morgan fingerprint density at radius 1 is 1.14 bits per heavy atom. The molecular weight excluding hydrogens is 366 g/mol. The average molecular weight is 384 g/mol. The molecule has 0 saturated carbocycles. The summed E-state index contributed by atoms with van der Waals surface area (Å²) in [5, 5.41) is 11.7. The molecule has 0 aliphatic heterocycles. The minimum Gasteiger partial charge on any atom is -0.438 e. The molecule has 0 saturated heterocycles. The SMILES string of the molecule is C[C@H](CO)NC(=O)c1cnc(Oc2cccc(F)c2)c(-c2cccc(F)c2)c1. The van der Waals surface area contributed by atoms with Crippen LogP contribution in [0.2, 0.25) is 0 Å². The second kappa shape index (κ2) is 8.58. The number of nitrogens with one attached hydrogen (secondary N) is 1. The van der Waals surface area contributed by atoms with Gasteiger partial charge in [-0.15, -0.1) is 0 Å². The molecule has 1 aromatic heterocycles. The number of pyridine rings is 1. The number of carbonyl (C=O) groups excluding carboxylic acids is 1. The Hall–Kier alpha value is -3.32. The maximum absolute atomic E-state index is 13.7. The molecular formula is C21H18F2N2O3. The van der Waals surface area contributed by atoms with Gasteiger partial charge in [-0.05, 0) is 42.8 Å². The molecule has 2 aromatic carbocycles. The van der Waals surface area contributed by atoms with Crippen LogP contribution >= 0.6 is 0 Å². The van der Waals surface area contributed by atoms with E-state index in [9.17, 15) is 13.6 Å². The van der Waals surface area contributed by atoms with E-state index in [0.29, 0.717) is 11.1 Å². The fraction of sp³-hybridized carbons (Fsp3) is 0.143. The second-order valence-electron chi connectivity index (χ2n) is 6.20. The van der Waals surface area contributed by atoms with E-state index in [2.05, 4.69) is 10.3 Å². The fourth-order valence-corrected chi connectivity index (χ4v) is 2.52. The normalized spacial score (nSPS) is 11.7. The molecule has 2 N–H and O–H groups in total. The van der Waals surface area contributed by atoms with E-state index < -0.39 is 23.6 Å². The number of amides is 1. The lowest BCUT2D eigenvalue weighted by Gasteiger charge is -2.14. The first-order valence-electron chi connectivity index (χ1n) is 8.57. The molecule has 0 fully saturated rings. The summed E-state index contributed by atoms with van der Waals surface area (Å²) in [5.41, 5.74) is 1.03. The molecule has 3 aromatic rings. The van der Waals surface area contributed by atoms with Crippen LogP contribution in [0, 0.1) is 11.6 Å². The van der Waals surface area contributed by atoms with Gasteiger partial charge in [-0.1, -0.05) is 18.2 Å². The lowest BCUT2D eigenvalue weighted by molar-refractivity contribution is 0.0922. The van der Waals surface area contributed by atoms with Crippen molar-refractivity contribution in [2.24, 2.45) is 0 Å². The smallest absolute Gasteiger partial charge is 0.253 e. The van der Waals surface area contributed by atoms with E-state index in [-0.39, 0.29) is 23.8 Å². The largest absolute Gasteiger partial charge is 0.438 e. The summed E-state index contributed by atoms with van der Waals surface area (Å²) < 4.78 is 32.8. The highest BCUT2D eigenvalue weighted by Crippen LogP contribution is 2.32. The van der Waals surface area contributed by atoms with Crippen molar-refractivity contribution < 1.29 is 23.4 Å². The Morgan fingerprint density at radius 3 is 2.54 bits per heavy atom. The fourth-order valence-electron chi connectivity index (χ4n) is 2.52. The van der Waals surface area contributed by atoms with Crippen LogP contribution in [-0.2, 0) is 0 Å². The molecule has 0 spiro atoms. The molecule has 1 heterocycles. The van der Waals surface area contributed by atoms with Gasteiger partial charge in [0.2, 0.25) is 5.88 Å². The molecule has 0 aliphatic rings. The number of nitrogens with zero attached hydrogens (tertiary/aromatic N) is 1. The Kier molecular flexibility index (Phi) is 5.96. The number of hydrogen-bond acceptors (Lipinski definition) is 4. The van der Waals surface area contributed by atoms with E-state index in [1.54, 1.807) is 19.1 Å². The molecule has 1 amide bonds. The minimum absolute atomic E-state index is 0.1000.